The van der Waals surface area contributed by atoms with Gasteiger partial charge in [-0.15, -0.1) is 0 Å². The van der Waals surface area contributed by atoms with Crippen LogP contribution in [0.25, 0.3) is 0 Å². The highest BCUT2D eigenvalue weighted by Gasteiger charge is 2.22. The molecule has 0 spiro atoms. The van der Waals surface area contributed by atoms with Gasteiger partial charge in [0.05, 0.1) is 7.11 Å². The van der Waals surface area contributed by atoms with Gasteiger partial charge < -0.3 is 29.1 Å². The number of methoxy groups -OCH3 is 1. The average Bonchev–Trinajstić information content (AvgIpc) is 2.98. The van der Waals surface area contributed by atoms with Crippen molar-refractivity contribution in [1.82, 2.24) is 5.32 Å². The topological polar surface area (TPSA) is 83.1 Å². The summed E-state index contributed by atoms with van der Waals surface area (Å²) in [6.07, 6.45) is -0.0895. The molecule has 4 rings (SSSR count). The van der Waals surface area contributed by atoms with Crippen LogP contribution in [0.1, 0.15) is 28.3 Å². The first kappa shape index (κ1) is 26.3. The molecule has 0 fully saturated rings. The first-order valence-corrected chi connectivity index (χ1v) is 12.1. The van der Waals surface area contributed by atoms with Crippen molar-refractivity contribution in [2.24, 2.45) is 0 Å². The first-order chi connectivity index (χ1) is 18.7. The van der Waals surface area contributed by atoms with E-state index < -0.39 is 12.1 Å². The van der Waals surface area contributed by atoms with Gasteiger partial charge in [0.25, 0.3) is 0 Å². The highest BCUT2D eigenvalue weighted by molar-refractivity contribution is 5.75. The molecule has 194 valence electrons. The number of aldehydes is 1. The number of hydrogen-bond donors (Lipinski definition) is 1. The normalized spacial score (nSPS) is 11.2. The third-order valence-electron chi connectivity index (χ3n) is 5.70. The Kier molecular flexibility index (Phi) is 9.34. The van der Waals surface area contributed by atoms with Crippen LogP contribution in [0.4, 0.5) is 4.79 Å². The van der Waals surface area contributed by atoms with Crippen molar-refractivity contribution in [1.29, 1.82) is 0 Å². The molecule has 4 aromatic rings. The Bertz CT molecular complexity index is 1250. The highest BCUT2D eigenvalue weighted by atomic mass is 16.5. The van der Waals surface area contributed by atoms with Crippen LogP contribution in [-0.2, 0) is 29.4 Å². The van der Waals surface area contributed by atoms with E-state index in [0.717, 1.165) is 16.7 Å². The number of alkyl carbamates (subject to hydrolysis) is 1. The van der Waals surface area contributed by atoms with E-state index in [0.29, 0.717) is 29.1 Å². The maximum atomic E-state index is 12.5. The number of amides is 1. The summed E-state index contributed by atoms with van der Waals surface area (Å²) in [5.41, 5.74) is 3.22. The molecular formula is C31H29NO6. The first-order valence-electron chi connectivity index (χ1n) is 12.1. The predicted molar refractivity (Wildman–Crippen MR) is 143 cm³/mol. The second-order valence-electron chi connectivity index (χ2n) is 8.42. The van der Waals surface area contributed by atoms with E-state index >= 15 is 0 Å². The van der Waals surface area contributed by atoms with Crippen molar-refractivity contribution in [2.75, 3.05) is 7.11 Å². The highest BCUT2D eigenvalue weighted by Crippen LogP contribution is 2.40. The standard InChI is InChI=1S/C31H29NO6/c1-35-30-28(36-20-23-11-5-2-6-12-23)17-26(18-29(30)37-21-24-13-7-3-8-14-24)27(19-33)32-31(34)38-22-25-15-9-4-10-16-25/h2-19,27H,20-22H2,1H3,(H,32,34)/t27-/m0/s1. The van der Waals surface area contributed by atoms with Crippen LogP contribution in [0, 0.1) is 0 Å². The summed E-state index contributed by atoms with van der Waals surface area (Å²) in [7, 11) is 1.52. The minimum atomic E-state index is -0.998. The summed E-state index contributed by atoms with van der Waals surface area (Å²) >= 11 is 0. The zero-order valence-corrected chi connectivity index (χ0v) is 21.0. The third kappa shape index (κ3) is 7.36. The monoisotopic (exact) mass is 511 g/mol. The number of carbonyl (C=O) groups is 2. The van der Waals surface area contributed by atoms with Gasteiger partial charge in [0.1, 0.15) is 32.1 Å². The van der Waals surface area contributed by atoms with Gasteiger partial charge in [-0.05, 0) is 34.4 Å². The number of benzene rings is 4. The zero-order valence-electron chi connectivity index (χ0n) is 21.0. The van der Waals surface area contributed by atoms with Crippen LogP contribution in [0.15, 0.2) is 103 Å². The van der Waals surface area contributed by atoms with Crippen LogP contribution in [0.5, 0.6) is 17.2 Å². The summed E-state index contributed by atoms with van der Waals surface area (Å²) in [5.74, 6) is 1.14. The Morgan fingerprint density at radius 3 is 1.61 bits per heavy atom. The molecular weight excluding hydrogens is 482 g/mol. The molecule has 0 aliphatic carbocycles. The van der Waals surface area contributed by atoms with Gasteiger partial charge in [0.2, 0.25) is 5.75 Å². The maximum absolute atomic E-state index is 12.5. The molecule has 0 saturated carbocycles. The molecule has 0 unspecified atom stereocenters. The molecule has 1 amide bonds. The summed E-state index contributed by atoms with van der Waals surface area (Å²) in [6, 6.07) is 31.0. The molecule has 0 bridgehead atoms. The van der Waals surface area contributed by atoms with Crippen LogP contribution in [0.2, 0.25) is 0 Å². The molecule has 0 aromatic heterocycles. The lowest BCUT2D eigenvalue weighted by Gasteiger charge is -2.20. The fourth-order valence-corrected chi connectivity index (χ4v) is 3.75. The van der Waals surface area contributed by atoms with Gasteiger partial charge in [-0.25, -0.2) is 4.79 Å². The van der Waals surface area contributed by atoms with Gasteiger partial charge in [-0.1, -0.05) is 91.0 Å². The number of rotatable bonds is 12. The molecule has 0 aliphatic heterocycles. The molecule has 7 heteroatoms. The summed E-state index contributed by atoms with van der Waals surface area (Å²) in [4.78, 5) is 24.6. The van der Waals surface area contributed by atoms with Crippen molar-refractivity contribution >= 4 is 12.4 Å². The molecule has 0 aliphatic rings. The number of hydrogen-bond acceptors (Lipinski definition) is 6. The number of ether oxygens (including phenoxy) is 4. The zero-order chi connectivity index (χ0) is 26.6. The smallest absolute Gasteiger partial charge is 0.408 e. The van der Waals surface area contributed by atoms with Crippen molar-refractivity contribution in [2.45, 2.75) is 25.9 Å². The van der Waals surface area contributed by atoms with E-state index in [1.807, 2.05) is 91.0 Å². The van der Waals surface area contributed by atoms with Gasteiger partial charge in [-0.3, -0.25) is 0 Å². The Hall–Kier alpha value is -4.78. The van der Waals surface area contributed by atoms with Crippen molar-refractivity contribution < 1.29 is 28.5 Å². The molecule has 0 heterocycles. The quantitative estimate of drug-likeness (QED) is 0.234. The molecule has 0 saturated heterocycles. The second-order valence-corrected chi connectivity index (χ2v) is 8.42. The predicted octanol–water partition coefficient (Wildman–Crippen LogP) is 6.02. The molecule has 4 aromatic carbocycles. The maximum Gasteiger partial charge on any atom is 0.408 e. The van der Waals surface area contributed by atoms with Crippen molar-refractivity contribution in [3.63, 3.8) is 0 Å². The average molecular weight is 512 g/mol. The van der Waals surface area contributed by atoms with Gasteiger partial charge >= 0.3 is 6.09 Å². The van der Waals surface area contributed by atoms with E-state index in [1.165, 1.54) is 7.11 Å². The van der Waals surface area contributed by atoms with Gasteiger partial charge in [0.15, 0.2) is 11.5 Å². The Morgan fingerprint density at radius 2 is 1.18 bits per heavy atom. The second kappa shape index (κ2) is 13.5. The summed E-state index contributed by atoms with van der Waals surface area (Å²) < 4.78 is 23.1. The van der Waals surface area contributed by atoms with Gasteiger partial charge in [-0.2, -0.15) is 0 Å². The Balaban J connectivity index is 1.56. The molecule has 7 nitrogen and oxygen atoms in total. The van der Waals surface area contributed by atoms with Crippen LogP contribution in [0.3, 0.4) is 0 Å². The summed E-state index contributed by atoms with van der Waals surface area (Å²) in [6.45, 7) is 0.631. The minimum absolute atomic E-state index is 0.0811. The minimum Gasteiger partial charge on any atom is -0.490 e. The van der Waals surface area contributed by atoms with E-state index in [-0.39, 0.29) is 19.8 Å². The third-order valence-corrected chi connectivity index (χ3v) is 5.70. The van der Waals surface area contributed by atoms with E-state index in [4.69, 9.17) is 18.9 Å². The van der Waals surface area contributed by atoms with Crippen molar-refractivity contribution in [3.8, 4) is 17.2 Å². The lowest BCUT2D eigenvalue weighted by Crippen LogP contribution is -2.30. The SMILES string of the molecule is COc1c(OCc2ccccc2)cc([C@H](C=O)NC(=O)OCc2ccccc2)cc1OCc1ccccc1. The van der Waals surface area contributed by atoms with Crippen LogP contribution < -0.4 is 19.5 Å². The summed E-state index contributed by atoms with van der Waals surface area (Å²) in [5, 5.41) is 2.61. The van der Waals surface area contributed by atoms with E-state index in [9.17, 15) is 9.59 Å². The molecule has 1 atom stereocenters. The van der Waals surface area contributed by atoms with Crippen molar-refractivity contribution in [3.05, 3.63) is 125 Å². The molecule has 1 N–H and O–H groups in total. The largest absolute Gasteiger partial charge is 0.490 e. The van der Waals surface area contributed by atoms with Crippen LogP contribution in [-0.4, -0.2) is 19.5 Å². The van der Waals surface area contributed by atoms with Gasteiger partial charge in [0, 0.05) is 0 Å². The van der Waals surface area contributed by atoms with Crippen LogP contribution >= 0.6 is 0 Å². The lowest BCUT2D eigenvalue weighted by molar-refractivity contribution is -0.109. The number of carbonyl (C=O) groups excluding carboxylic acids is 2. The lowest BCUT2D eigenvalue weighted by atomic mass is 10.1. The number of nitrogens with one attached hydrogen (secondary N) is 1. The Labute approximate surface area is 221 Å². The van der Waals surface area contributed by atoms with E-state index in [2.05, 4.69) is 5.32 Å². The molecule has 0 radical (unpaired) electrons. The fourth-order valence-electron chi connectivity index (χ4n) is 3.75. The van der Waals surface area contributed by atoms with E-state index in [1.54, 1.807) is 12.1 Å². The Morgan fingerprint density at radius 1 is 0.737 bits per heavy atom. The fraction of sp³-hybridized carbons (Fsp3) is 0.161. The molecule has 38 heavy (non-hydrogen) atoms.